The van der Waals surface area contributed by atoms with Gasteiger partial charge >= 0.3 is 0 Å². The third-order valence-electron chi connectivity index (χ3n) is 4.03. The van der Waals surface area contributed by atoms with Crippen LogP contribution < -0.4 is 5.32 Å². The van der Waals surface area contributed by atoms with Crippen molar-refractivity contribution in [1.29, 1.82) is 0 Å². The van der Waals surface area contributed by atoms with Crippen LogP contribution in [0, 0.1) is 5.41 Å². The lowest BCUT2D eigenvalue weighted by molar-refractivity contribution is 0.309. The average molecular weight is 257 g/mol. The fraction of sp³-hybridized carbons (Fsp3) is 1.00. The predicted molar refractivity (Wildman–Crippen MR) is 80.9 cm³/mol. The monoisotopic (exact) mass is 257 g/mol. The van der Waals surface area contributed by atoms with Gasteiger partial charge in [-0.3, -0.25) is 0 Å². The third-order valence-corrected chi connectivity index (χ3v) is 4.73. The molecule has 17 heavy (non-hydrogen) atoms. The molecule has 0 radical (unpaired) electrons. The minimum absolute atomic E-state index is 0.592. The molecule has 0 bridgehead atoms. The zero-order valence-electron chi connectivity index (χ0n) is 12.1. The Morgan fingerprint density at radius 1 is 1.12 bits per heavy atom. The Bertz CT molecular complexity index is 191. The molecule has 1 atom stereocenters. The zero-order chi connectivity index (χ0) is 12.6. The first kappa shape index (κ1) is 15.4. The van der Waals surface area contributed by atoms with Crippen LogP contribution >= 0.6 is 11.8 Å². The summed E-state index contributed by atoms with van der Waals surface area (Å²) in [4.78, 5) is 0. The summed E-state index contributed by atoms with van der Waals surface area (Å²) in [7, 11) is 0. The highest BCUT2D eigenvalue weighted by Crippen LogP contribution is 2.33. The topological polar surface area (TPSA) is 12.0 Å². The summed E-state index contributed by atoms with van der Waals surface area (Å²) in [6.07, 6.45) is 13.4. The summed E-state index contributed by atoms with van der Waals surface area (Å²) in [6, 6.07) is 0.803. The highest BCUT2D eigenvalue weighted by Gasteiger charge is 2.23. The van der Waals surface area contributed by atoms with Gasteiger partial charge in [-0.25, -0.2) is 0 Å². The van der Waals surface area contributed by atoms with Gasteiger partial charge in [-0.15, -0.1) is 0 Å². The van der Waals surface area contributed by atoms with E-state index in [2.05, 4.69) is 25.4 Å². The first-order valence-corrected chi connectivity index (χ1v) is 8.76. The number of rotatable bonds is 7. The molecule has 1 aliphatic carbocycles. The first-order chi connectivity index (χ1) is 8.14. The quantitative estimate of drug-likeness (QED) is 0.533. The molecule has 102 valence electrons. The van der Waals surface area contributed by atoms with Crippen LogP contribution in [0.25, 0.3) is 0 Å². The fourth-order valence-corrected chi connectivity index (χ4v) is 3.21. The predicted octanol–water partition coefficient (Wildman–Crippen LogP) is 4.47. The standard InChI is InChI=1S/C15H31NS/c1-15(2)10-7-8-14(9-11-15)16-12-5-4-6-13-17-3/h14,16H,4-13H2,1-3H3. The lowest BCUT2D eigenvalue weighted by atomic mass is 9.85. The molecule has 1 N–H and O–H groups in total. The molecule has 0 aromatic heterocycles. The van der Waals surface area contributed by atoms with Gasteiger partial charge in [0.15, 0.2) is 0 Å². The van der Waals surface area contributed by atoms with Crippen molar-refractivity contribution < 1.29 is 0 Å². The maximum absolute atomic E-state index is 3.77. The van der Waals surface area contributed by atoms with Gasteiger partial charge in [-0.1, -0.05) is 26.7 Å². The van der Waals surface area contributed by atoms with E-state index in [9.17, 15) is 0 Å². The largest absolute Gasteiger partial charge is 0.314 e. The molecule has 0 aliphatic heterocycles. The third kappa shape index (κ3) is 7.35. The number of hydrogen-bond acceptors (Lipinski definition) is 2. The molecule has 0 saturated heterocycles. The summed E-state index contributed by atoms with van der Waals surface area (Å²) < 4.78 is 0. The van der Waals surface area contributed by atoms with E-state index in [1.165, 1.54) is 63.7 Å². The highest BCUT2D eigenvalue weighted by molar-refractivity contribution is 7.98. The average Bonchev–Trinajstić information content (AvgIpc) is 2.45. The van der Waals surface area contributed by atoms with Crippen LogP contribution in [0.1, 0.15) is 65.2 Å². The Kier molecular flexibility index (Phi) is 7.61. The van der Waals surface area contributed by atoms with Gasteiger partial charge in [0.25, 0.3) is 0 Å². The van der Waals surface area contributed by atoms with E-state index in [0.29, 0.717) is 5.41 Å². The van der Waals surface area contributed by atoms with Gasteiger partial charge < -0.3 is 5.32 Å². The van der Waals surface area contributed by atoms with Crippen molar-refractivity contribution in [2.75, 3.05) is 18.6 Å². The highest BCUT2D eigenvalue weighted by atomic mass is 32.2. The molecule has 0 aromatic carbocycles. The molecule has 1 unspecified atom stereocenters. The van der Waals surface area contributed by atoms with Crippen molar-refractivity contribution in [3.8, 4) is 0 Å². The van der Waals surface area contributed by atoms with Crippen LogP contribution in [0.3, 0.4) is 0 Å². The van der Waals surface area contributed by atoms with Gasteiger partial charge in [0.2, 0.25) is 0 Å². The van der Waals surface area contributed by atoms with E-state index < -0.39 is 0 Å². The normalized spacial score (nSPS) is 24.5. The zero-order valence-corrected chi connectivity index (χ0v) is 12.9. The number of unbranched alkanes of at least 4 members (excludes halogenated alkanes) is 2. The molecule has 1 nitrogen and oxygen atoms in total. The molecule has 1 fully saturated rings. The lowest BCUT2D eigenvalue weighted by Gasteiger charge is -2.22. The van der Waals surface area contributed by atoms with Crippen molar-refractivity contribution in [1.82, 2.24) is 5.32 Å². The molecule has 1 saturated carbocycles. The minimum Gasteiger partial charge on any atom is -0.314 e. The Morgan fingerprint density at radius 3 is 2.71 bits per heavy atom. The lowest BCUT2D eigenvalue weighted by Crippen LogP contribution is -2.29. The Morgan fingerprint density at radius 2 is 1.94 bits per heavy atom. The summed E-state index contributed by atoms with van der Waals surface area (Å²) in [5.41, 5.74) is 0.592. The van der Waals surface area contributed by atoms with E-state index >= 15 is 0 Å². The van der Waals surface area contributed by atoms with Crippen LogP contribution in [0.15, 0.2) is 0 Å². The van der Waals surface area contributed by atoms with Gasteiger partial charge in [-0.05, 0) is 62.5 Å². The summed E-state index contributed by atoms with van der Waals surface area (Å²) in [5.74, 6) is 1.33. The van der Waals surface area contributed by atoms with Gasteiger partial charge in [0.05, 0.1) is 0 Å². The van der Waals surface area contributed by atoms with Crippen molar-refractivity contribution in [2.45, 2.75) is 71.3 Å². The summed E-state index contributed by atoms with van der Waals surface area (Å²) >= 11 is 1.97. The number of nitrogens with one attached hydrogen (secondary N) is 1. The maximum Gasteiger partial charge on any atom is 0.00672 e. The first-order valence-electron chi connectivity index (χ1n) is 7.36. The molecule has 0 amide bonds. The fourth-order valence-electron chi connectivity index (χ4n) is 2.72. The summed E-state index contributed by atoms with van der Waals surface area (Å²) in [6.45, 7) is 6.09. The van der Waals surface area contributed by atoms with Crippen molar-refractivity contribution in [3.63, 3.8) is 0 Å². The second kappa shape index (κ2) is 8.42. The van der Waals surface area contributed by atoms with Crippen LogP contribution in [0.5, 0.6) is 0 Å². The van der Waals surface area contributed by atoms with Crippen molar-refractivity contribution in [2.24, 2.45) is 5.41 Å². The Labute approximate surface area is 113 Å². The van der Waals surface area contributed by atoms with E-state index in [1.54, 1.807) is 0 Å². The molecule has 0 spiro atoms. The van der Waals surface area contributed by atoms with Gasteiger partial charge in [0.1, 0.15) is 0 Å². The van der Waals surface area contributed by atoms with Crippen molar-refractivity contribution >= 4 is 11.8 Å². The molecule has 2 heteroatoms. The van der Waals surface area contributed by atoms with E-state index in [4.69, 9.17) is 0 Å². The molecular weight excluding hydrogens is 226 g/mol. The molecular formula is C15H31NS. The Balaban J connectivity index is 2.03. The van der Waals surface area contributed by atoms with Crippen LogP contribution in [0.2, 0.25) is 0 Å². The smallest absolute Gasteiger partial charge is 0.00672 e. The number of hydrogen-bond donors (Lipinski definition) is 1. The second-order valence-electron chi connectivity index (χ2n) is 6.30. The van der Waals surface area contributed by atoms with Crippen molar-refractivity contribution in [3.05, 3.63) is 0 Å². The van der Waals surface area contributed by atoms with Crippen LogP contribution in [-0.4, -0.2) is 24.6 Å². The summed E-state index contributed by atoms with van der Waals surface area (Å²) in [5, 5.41) is 3.77. The van der Waals surface area contributed by atoms with Crippen LogP contribution in [-0.2, 0) is 0 Å². The molecule has 1 aliphatic rings. The van der Waals surface area contributed by atoms with E-state index in [-0.39, 0.29) is 0 Å². The molecule has 0 aromatic rings. The van der Waals surface area contributed by atoms with E-state index in [1.807, 2.05) is 11.8 Å². The minimum atomic E-state index is 0.592. The number of thioether (sulfide) groups is 1. The van der Waals surface area contributed by atoms with Gasteiger partial charge in [0, 0.05) is 6.04 Å². The van der Waals surface area contributed by atoms with Crippen LogP contribution in [0.4, 0.5) is 0 Å². The maximum atomic E-state index is 3.77. The second-order valence-corrected chi connectivity index (χ2v) is 7.29. The molecule has 0 heterocycles. The van der Waals surface area contributed by atoms with E-state index in [0.717, 1.165) is 6.04 Å². The molecule has 1 rings (SSSR count). The van der Waals surface area contributed by atoms with Gasteiger partial charge in [-0.2, -0.15) is 11.8 Å². The SMILES string of the molecule is CSCCCCCNC1CCCC(C)(C)CC1. The Hall–Kier alpha value is 0.310.